The molecule has 1 saturated heterocycles. The summed E-state index contributed by atoms with van der Waals surface area (Å²) in [6.07, 6.45) is 0.713. The monoisotopic (exact) mass is 214 g/mol. The molecule has 0 saturated carbocycles. The molecular formula is C10H18N2O3. The number of nitrogens with one attached hydrogen (secondary N) is 1. The van der Waals surface area contributed by atoms with Gasteiger partial charge in [-0.2, -0.15) is 0 Å². The van der Waals surface area contributed by atoms with E-state index in [-0.39, 0.29) is 5.91 Å². The van der Waals surface area contributed by atoms with Crippen molar-refractivity contribution >= 4 is 11.9 Å². The lowest BCUT2D eigenvalue weighted by Gasteiger charge is -2.24. The number of aliphatic carboxylic acids is 1. The van der Waals surface area contributed by atoms with Crippen LogP contribution in [0.4, 0.5) is 0 Å². The van der Waals surface area contributed by atoms with Gasteiger partial charge in [0.1, 0.15) is 6.04 Å². The second-order valence-electron chi connectivity index (χ2n) is 4.37. The van der Waals surface area contributed by atoms with Gasteiger partial charge in [-0.3, -0.25) is 14.5 Å². The molecule has 86 valence electrons. The zero-order valence-electron chi connectivity index (χ0n) is 9.41. The molecule has 1 heterocycles. The van der Waals surface area contributed by atoms with E-state index in [4.69, 9.17) is 5.11 Å². The van der Waals surface area contributed by atoms with Crippen molar-refractivity contribution < 1.29 is 14.7 Å². The Kier molecular flexibility index (Phi) is 3.34. The van der Waals surface area contributed by atoms with E-state index in [1.807, 2.05) is 11.8 Å². The van der Waals surface area contributed by atoms with Crippen LogP contribution >= 0.6 is 0 Å². The second-order valence-corrected chi connectivity index (χ2v) is 4.37. The van der Waals surface area contributed by atoms with Gasteiger partial charge in [0.15, 0.2) is 0 Å². The van der Waals surface area contributed by atoms with E-state index in [2.05, 4.69) is 5.32 Å². The first-order valence-corrected chi connectivity index (χ1v) is 5.10. The third kappa shape index (κ3) is 2.28. The van der Waals surface area contributed by atoms with Gasteiger partial charge in [-0.05, 0) is 20.3 Å². The maximum atomic E-state index is 11.6. The highest BCUT2D eigenvalue weighted by molar-refractivity contribution is 5.82. The average molecular weight is 214 g/mol. The fourth-order valence-corrected chi connectivity index (χ4v) is 1.97. The zero-order chi connectivity index (χ0) is 11.6. The predicted molar refractivity (Wildman–Crippen MR) is 55.5 cm³/mol. The van der Waals surface area contributed by atoms with Crippen LogP contribution in [0.25, 0.3) is 0 Å². The Balaban J connectivity index is 2.66. The van der Waals surface area contributed by atoms with Crippen molar-refractivity contribution in [2.45, 2.75) is 26.3 Å². The first kappa shape index (κ1) is 12.0. The van der Waals surface area contributed by atoms with Crippen LogP contribution in [-0.4, -0.2) is 48.1 Å². The molecule has 0 spiro atoms. The fourth-order valence-electron chi connectivity index (χ4n) is 1.97. The molecule has 0 radical (unpaired) electrons. The first-order valence-electron chi connectivity index (χ1n) is 5.10. The van der Waals surface area contributed by atoms with E-state index in [1.165, 1.54) is 0 Å². The number of rotatable bonds is 3. The lowest BCUT2D eigenvalue weighted by atomic mass is 9.89. The molecule has 1 aliphatic heterocycles. The Bertz CT molecular complexity index is 280. The molecule has 1 rings (SSSR count). The van der Waals surface area contributed by atoms with Gasteiger partial charge in [-0.25, -0.2) is 0 Å². The minimum absolute atomic E-state index is 0.0115. The highest BCUT2D eigenvalue weighted by atomic mass is 16.4. The van der Waals surface area contributed by atoms with E-state index < -0.39 is 17.4 Å². The smallest absolute Gasteiger partial charge is 0.320 e. The van der Waals surface area contributed by atoms with Crippen molar-refractivity contribution in [1.29, 1.82) is 0 Å². The molecular weight excluding hydrogens is 196 g/mol. The van der Waals surface area contributed by atoms with E-state index >= 15 is 0 Å². The summed E-state index contributed by atoms with van der Waals surface area (Å²) in [6.45, 7) is 4.70. The maximum Gasteiger partial charge on any atom is 0.320 e. The summed E-state index contributed by atoms with van der Waals surface area (Å²) in [4.78, 5) is 24.2. The molecule has 1 amide bonds. The van der Waals surface area contributed by atoms with Crippen LogP contribution in [0.3, 0.4) is 0 Å². The van der Waals surface area contributed by atoms with Gasteiger partial charge in [0.25, 0.3) is 0 Å². The standard InChI is InChI=1S/C10H18N2O3/c1-7(8(13)14)12-5-4-10(2,6-12)9(15)11-3/h7H,4-6H2,1-3H3,(H,11,15)(H,13,14). The summed E-state index contributed by atoms with van der Waals surface area (Å²) < 4.78 is 0. The second kappa shape index (κ2) is 4.18. The molecule has 2 atom stereocenters. The normalized spacial score (nSPS) is 28.7. The quantitative estimate of drug-likeness (QED) is 0.689. The van der Waals surface area contributed by atoms with Crippen molar-refractivity contribution in [2.75, 3.05) is 20.1 Å². The van der Waals surface area contributed by atoms with Gasteiger partial charge in [0, 0.05) is 20.1 Å². The highest BCUT2D eigenvalue weighted by Crippen LogP contribution is 2.31. The van der Waals surface area contributed by atoms with Crippen molar-refractivity contribution in [3.8, 4) is 0 Å². The van der Waals surface area contributed by atoms with Crippen LogP contribution in [0.5, 0.6) is 0 Å². The summed E-state index contributed by atoms with van der Waals surface area (Å²) >= 11 is 0. The summed E-state index contributed by atoms with van der Waals surface area (Å²) in [5.74, 6) is -0.848. The number of likely N-dealkylation sites (tertiary alicyclic amines) is 1. The van der Waals surface area contributed by atoms with Gasteiger partial charge >= 0.3 is 5.97 Å². The Morgan fingerprint density at radius 1 is 1.53 bits per heavy atom. The zero-order valence-corrected chi connectivity index (χ0v) is 9.41. The van der Waals surface area contributed by atoms with Crippen LogP contribution in [0.1, 0.15) is 20.3 Å². The third-order valence-electron chi connectivity index (χ3n) is 3.18. The van der Waals surface area contributed by atoms with Crippen molar-refractivity contribution in [1.82, 2.24) is 10.2 Å². The van der Waals surface area contributed by atoms with E-state index in [1.54, 1.807) is 14.0 Å². The molecule has 2 unspecified atom stereocenters. The van der Waals surface area contributed by atoms with Crippen LogP contribution in [0, 0.1) is 5.41 Å². The molecule has 0 aromatic rings. The van der Waals surface area contributed by atoms with Gasteiger partial charge < -0.3 is 10.4 Å². The van der Waals surface area contributed by atoms with E-state index in [0.29, 0.717) is 19.5 Å². The summed E-state index contributed by atoms with van der Waals surface area (Å²) in [5.41, 5.74) is -0.446. The minimum Gasteiger partial charge on any atom is -0.480 e. The van der Waals surface area contributed by atoms with Crippen molar-refractivity contribution in [3.05, 3.63) is 0 Å². The highest BCUT2D eigenvalue weighted by Gasteiger charge is 2.42. The van der Waals surface area contributed by atoms with E-state index in [0.717, 1.165) is 0 Å². The predicted octanol–water partition coefficient (Wildman–Crippen LogP) is -0.0825. The van der Waals surface area contributed by atoms with Crippen molar-refractivity contribution in [2.24, 2.45) is 5.41 Å². The largest absolute Gasteiger partial charge is 0.480 e. The Morgan fingerprint density at radius 2 is 2.13 bits per heavy atom. The minimum atomic E-state index is -0.837. The molecule has 1 fully saturated rings. The first-order chi connectivity index (χ1) is 6.90. The van der Waals surface area contributed by atoms with Gasteiger partial charge in [-0.1, -0.05) is 0 Å². The van der Waals surface area contributed by atoms with Crippen LogP contribution in [0.2, 0.25) is 0 Å². The number of nitrogens with zero attached hydrogens (tertiary/aromatic N) is 1. The van der Waals surface area contributed by atoms with Crippen molar-refractivity contribution in [3.63, 3.8) is 0 Å². The number of hydrogen-bond donors (Lipinski definition) is 2. The third-order valence-corrected chi connectivity index (χ3v) is 3.18. The number of amides is 1. The lowest BCUT2D eigenvalue weighted by Crippen LogP contribution is -2.42. The maximum absolute atomic E-state index is 11.6. The molecule has 15 heavy (non-hydrogen) atoms. The van der Waals surface area contributed by atoms with Crippen LogP contribution in [0.15, 0.2) is 0 Å². The molecule has 2 N–H and O–H groups in total. The summed E-state index contributed by atoms with van der Waals surface area (Å²) in [7, 11) is 1.61. The molecule has 0 aliphatic carbocycles. The average Bonchev–Trinajstić information content (AvgIpc) is 2.59. The molecule has 1 aliphatic rings. The Morgan fingerprint density at radius 3 is 2.60 bits per heavy atom. The van der Waals surface area contributed by atoms with Gasteiger partial charge in [-0.15, -0.1) is 0 Å². The van der Waals surface area contributed by atoms with Gasteiger partial charge in [0.05, 0.1) is 5.41 Å². The Hall–Kier alpha value is -1.10. The molecule has 0 bridgehead atoms. The molecule has 5 heteroatoms. The summed E-state index contributed by atoms with van der Waals surface area (Å²) in [6, 6.07) is -0.517. The number of hydrogen-bond acceptors (Lipinski definition) is 3. The van der Waals surface area contributed by atoms with Crippen LogP contribution < -0.4 is 5.32 Å². The lowest BCUT2D eigenvalue weighted by molar-refractivity contribution is -0.142. The number of carboxylic acids is 1. The topological polar surface area (TPSA) is 69.6 Å². The SMILES string of the molecule is CNC(=O)C1(C)CCN(C(C)C(=O)O)C1. The molecule has 0 aromatic heterocycles. The fraction of sp³-hybridized carbons (Fsp3) is 0.800. The number of carbonyl (C=O) groups excluding carboxylic acids is 1. The number of carboxylic acid groups (broad SMARTS) is 1. The van der Waals surface area contributed by atoms with Crippen LogP contribution in [-0.2, 0) is 9.59 Å². The van der Waals surface area contributed by atoms with E-state index in [9.17, 15) is 9.59 Å². The van der Waals surface area contributed by atoms with Gasteiger partial charge in [0.2, 0.25) is 5.91 Å². The molecule has 0 aromatic carbocycles. The number of carbonyl (C=O) groups is 2. The molecule has 5 nitrogen and oxygen atoms in total. The Labute approximate surface area is 89.4 Å². The summed E-state index contributed by atoms with van der Waals surface area (Å²) in [5, 5.41) is 11.5.